The first-order chi connectivity index (χ1) is 22.2. The van der Waals surface area contributed by atoms with E-state index in [0.717, 1.165) is 22.2 Å². The van der Waals surface area contributed by atoms with Crippen LogP contribution in [0.3, 0.4) is 0 Å². The van der Waals surface area contributed by atoms with Crippen LogP contribution >= 0.6 is 0 Å². The summed E-state index contributed by atoms with van der Waals surface area (Å²) in [5.41, 5.74) is 10.2. The summed E-state index contributed by atoms with van der Waals surface area (Å²) in [6, 6.07) is 52.4. The molecule has 1 N–H and O–H groups in total. The van der Waals surface area contributed by atoms with Crippen molar-refractivity contribution in [2.75, 3.05) is 0 Å². The molecule has 0 spiro atoms. The quantitative estimate of drug-likeness (QED) is 0.151. The van der Waals surface area contributed by atoms with Crippen LogP contribution in [0.4, 0.5) is 0 Å². The molecule has 0 aliphatic carbocycles. The molecular weight excluding hydrogens is 544 g/mol. The van der Waals surface area contributed by atoms with Crippen LogP contribution in [0, 0.1) is 5.41 Å². The maximum Gasteiger partial charge on any atom is 0.0619 e. The Hall–Kier alpha value is -5.99. The van der Waals surface area contributed by atoms with Crippen molar-refractivity contribution < 1.29 is 0 Å². The third-order valence-electron chi connectivity index (χ3n) is 8.86. The van der Waals surface area contributed by atoms with Crippen molar-refractivity contribution in [1.29, 1.82) is 5.41 Å². The lowest BCUT2D eigenvalue weighted by molar-refractivity contribution is 1.20. The van der Waals surface area contributed by atoms with E-state index in [-0.39, 0.29) is 0 Å². The minimum atomic E-state index is 0.838. The SMILES string of the molecule is C=C/C=C(\C=N)c1ccc2c(ccc3c4ccc(-c5ccc(-c6ccccc6)cc5)cc4n(-c4cccc5ccccc45)c23)c1. The highest BCUT2D eigenvalue weighted by Crippen LogP contribution is 2.40. The number of allylic oxidation sites excluding steroid dienone is 3. The zero-order valence-electron chi connectivity index (χ0n) is 24.7. The average Bonchev–Trinajstić information content (AvgIpc) is 3.44. The Labute approximate surface area is 262 Å². The van der Waals surface area contributed by atoms with Crippen molar-refractivity contribution in [3.8, 4) is 27.9 Å². The van der Waals surface area contributed by atoms with Crippen molar-refractivity contribution in [3.05, 3.63) is 170 Å². The lowest BCUT2D eigenvalue weighted by atomic mass is 9.98. The number of nitrogens with one attached hydrogen (secondary N) is 1. The van der Waals surface area contributed by atoms with Gasteiger partial charge in [0.1, 0.15) is 0 Å². The van der Waals surface area contributed by atoms with Gasteiger partial charge in [-0.15, -0.1) is 0 Å². The van der Waals surface area contributed by atoms with E-state index < -0.39 is 0 Å². The normalized spacial score (nSPS) is 11.9. The fourth-order valence-corrected chi connectivity index (χ4v) is 6.69. The summed E-state index contributed by atoms with van der Waals surface area (Å²) in [7, 11) is 0. The minimum Gasteiger partial charge on any atom is -0.308 e. The molecule has 8 aromatic rings. The highest BCUT2D eigenvalue weighted by atomic mass is 15.0. The van der Waals surface area contributed by atoms with Gasteiger partial charge in [-0.2, -0.15) is 0 Å². The minimum absolute atomic E-state index is 0.838. The molecule has 212 valence electrons. The number of hydrogen-bond acceptors (Lipinski definition) is 1. The van der Waals surface area contributed by atoms with Gasteiger partial charge in [0, 0.05) is 27.8 Å². The number of benzene rings is 7. The van der Waals surface area contributed by atoms with Crippen LogP contribution in [-0.2, 0) is 0 Å². The second kappa shape index (κ2) is 10.9. The zero-order chi connectivity index (χ0) is 30.3. The van der Waals surface area contributed by atoms with Gasteiger partial charge in [-0.3, -0.25) is 0 Å². The Kier molecular flexibility index (Phi) is 6.47. The number of hydrogen-bond donors (Lipinski definition) is 1. The largest absolute Gasteiger partial charge is 0.308 e. The van der Waals surface area contributed by atoms with E-state index in [1.165, 1.54) is 66.4 Å². The molecular formula is C43H30N2. The number of nitrogens with zero attached hydrogens (tertiary/aromatic N) is 1. The topological polar surface area (TPSA) is 28.8 Å². The lowest BCUT2D eigenvalue weighted by Crippen LogP contribution is -1.96. The Bertz CT molecular complexity index is 2440. The van der Waals surface area contributed by atoms with Crippen molar-refractivity contribution in [2.24, 2.45) is 0 Å². The average molecular weight is 575 g/mol. The summed E-state index contributed by atoms with van der Waals surface area (Å²) in [6.07, 6.45) is 5.01. The van der Waals surface area contributed by atoms with Gasteiger partial charge in [0.2, 0.25) is 0 Å². The van der Waals surface area contributed by atoms with Crippen LogP contribution in [0.5, 0.6) is 0 Å². The van der Waals surface area contributed by atoms with Crippen molar-refractivity contribution in [1.82, 2.24) is 4.57 Å². The van der Waals surface area contributed by atoms with Crippen LogP contribution < -0.4 is 0 Å². The first kappa shape index (κ1) is 26.6. The molecule has 7 aromatic carbocycles. The molecule has 0 fully saturated rings. The van der Waals surface area contributed by atoms with E-state index in [1.54, 1.807) is 6.08 Å². The Morgan fingerprint density at radius 2 is 1.20 bits per heavy atom. The molecule has 2 nitrogen and oxygen atoms in total. The van der Waals surface area contributed by atoms with Gasteiger partial charge < -0.3 is 9.98 Å². The van der Waals surface area contributed by atoms with Gasteiger partial charge >= 0.3 is 0 Å². The molecule has 0 unspecified atom stereocenters. The summed E-state index contributed by atoms with van der Waals surface area (Å²) in [6.45, 7) is 3.84. The monoisotopic (exact) mass is 574 g/mol. The van der Waals surface area contributed by atoms with E-state index in [9.17, 15) is 0 Å². The Balaban J connectivity index is 1.40. The van der Waals surface area contributed by atoms with E-state index >= 15 is 0 Å². The molecule has 2 heteroatoms. The first-order valence-corrected chi connectivity index (χ1v) is 15.2. The van der Waals surface area contributed by atoms with Gasteiger partial charge in [-0.1, -0.05) is 146 Å². The summed E-state index contributed by atoms with van der Waals surface area (Å²) in [5, 5.41) is 15.1. The van der Waals surface area contributed by atoms with Crippen LogP contribution in [-0.4, -0.2) is 10.8 Å². The van der Waals surface area contributed by atoms with E-state index in [1.807, 2.05) is 6.08 Å². The van der Waals surface area contributed by atoms with Crippen molar-refractivity contribution in [2.45, 2.75) is 0 Å². The molecule has 0 aliphatic heterocycles. The second-order valence-corrected chi connectivity index (χ2v) is 11.4. The summed E-state index contributed by atoms with van der Waals surface area (Å²) < 4.78 is 2.45. The molecule has 0 atom stereocenters. The predicted molar refractivity (Wildman–Crippen MR) is 194 cm³/mol. The predicted octanol–water partition coefficient (Wildman–Crippen LogP) is 11.6. The molecule has 45 heavy (non-hydrogen) atoms. The van der Waals surface area contributed by atoms with E-state index in [4.69, 9.17) is 5.41 Å². The third kappa shape index (κ3) is 4.47. The summed E-state index contributed by atoms with van der Waals surface area (Å²) in [5.74, 6) is 0. The fraction of sp³-hybridized carbons (Fsp3) is 0. The van der Waals surface area contributed by atoms with Gasteiger partial charge in [-0.25, -0.2) is 0 Å². The van der Waals surface area contributed by atoms with E-state index in [2.05, 4.69) is 157 Å². The highest BCUT2D eigenvalue weighted by molar-refractivity contribution is 6.20. The second-order valence-electron chi connectivity index (χ2n) is 11.4. The number of aromatic nitrogens is 1. The molecule has 0 bridgehead atoms. The maximum absolute atomic E-state index is 7.94. The molecule has 0 aliphatic rings. The third-order valence-corrected chi connectivity index (χ3v) is 8.86. The smallest absolute Gasteiger partial charge is 0.0619 e. The fourth-order valence-electron chi connectivity index (χ4n) is 6.69. The molecule has 8 rings (SSSR count). The van der Waals surface area contributed by atoms with Gasteiger partial charge in [0.15, 0.2) is 0 Å². The van der Waals surface area contributed by atoms with E-state index in [0.29, 0.717) is 0 Å². The maximum atomic E-state index is 7.94. The molecule has 0 saturated heterocycles. The van der Waals surface area contributed by atoms with Crippen LogP contribution in [0.25, 0.3) is 76.9 Å². The van der Waals surface area contributed by atoms with Gasteiger partial charge in [0.25, 0.3) is 0 Å². The Morgan fingerprint density at radius 1 is 0.533 bits per heavy atom. The first-order valence-electron chi connectivity index (χ1n) is 15.2. The van der Waals surface area contributed by atoms with Crippen LogP contribution in [0.1, 0.15) is 5.56 Å². The van der Waals surface area contributed by atoms with Crippen molar-refractivity contribution in [3.63, 3.8) is 0 Å². The molecule has 0 saturated carbocycles. The van der Waals surface area contributed by atoms with Gasteiger partial charge in [-0.05, 0) is 62.4 Å². The summed E-state index contributed by atoms with van der Waals surface area (Å²) in [4.78, 5) is 0. The number of fused-ring (bicyclic) bond motifs is 6. The van der Waals surface area contributed by atoms with Crippen LogP contribution in [0.2, 0.25) is 0 Å². The standard InChI is InChI=1S/C43H30N2/c1-2-9-36(28-44)33-20-23-38-35(26-33)22-25-40-39-24-21-34(31-18-16-30(17-19-31)29-10-4-3-5-11-29)27-42(39)45(43(38)40)41-15-8-13-32-12-6-7-14-37(32)41/h2-28,44H,1H2/b36-9+,44-28?. The molecule has 1 heterocycles. The van der Waals surface area contributed by atoms with Crippen LogP contribution in [0.15, 0.2) is 164 Å². The molecule has 1 aromatic heterocycles. The lowest BCUT2D eigenvalue weighted by Gasteiger charge is -2.14. The number of rotatable bonds is 6. The molecule has 0 radical (unpaired) electrons. The zero-order valence-corrected chi connectivity index (χ0v) is 24.7. The summed E-state index contributed by atoms with van der Waals surface area (Å²) >= 11 is 0. The van der Waals surface area contributed by atoms with Crippen molar-refractivity contribution >= 4 is 55.1 Å². The highest BCUT2D eigenvalue weighted by Gasteiger charge is 2.18. The molecule has 0 amide bonds. The Morgan fingerprint density at radius 3 is 2.00 bits per heavy atom. The van der Waals surface area contributed by atoms with Gasteiger partial charge in [0.05, 0.1) is 16.7 Å².